The number of ether oxygens (including phenoxy) is 1. The van der Waals surface area contributed by atoms with E-state index in [4.69, 9.17) is 4.74 Å². The number of aromatic hydroxyl groups is 1. The zero-order chi connectivity index (χ0) is 19.7. The van der Waals surface area contributed by atoms with Crippen LogP contribution < -0.4 is 15.0 Å². The van der Waals surface area contributed by atoms with E-state index in [1.165, 1.54) is 0 Å². The number of para-hydroxylation sites is 1. The number of carbonyl (C=O) groups excluding carboxylic acids is 1. The van der Waals surface area contributed by atoms with E-state index >= 15 is 0 Å². The van der Waals surface area contributed by atoms with E-state index in [0.717, 1.165) is 22.5 Å². The fourth-order valence-corrected chi connectivity index (χ4v) is 3.43. The van der Waals surface area contributed by atoms with Crippen molar-refractivity contribution in [2.24, 2.45) is 0 Å². The van der Waals surface area contributed by atoms with Gasteiger partial charge in [-0.2, -0.15) is 0 Å². The highest BCUT2D eigenvalue weighted by molar-refractivity contribution is 6.12. The molecule has 5 heteroatoms. The standard InChI is InChI=1S/C23H22N2O3/c1-3-28-21-14-16(10-13-20(21)26)22-24-19-7-5-4-6-18(19)23(27)25(22)17-11-8-15(2)9-12-17/h4-14,22,24,26H,3H2,1-2H3/t22-/m0/s1. The molecule has 3 aromatic carbocycles. The maximum atomic E-state index is 13.4. The number of nitrogens with one attached hydrogen (secondary N) is 1. The second-order valence-corrected chi connectivity index (χ2v) is 6.76. The number of hydrogen-bond acceptors (Lipinski definition) is 4. The molecule has 0 aromatic heterocycles. The van der Waals surface area contributed by atoms with E-state index in [-0.39, 0.29) is 11.7 Å². The molecule has 0 saturated heterocycles. The maximum Gasteiger partial charge on any atom is 0.262 e. The minimum absolute atomic E-state index is 0.0748. The second-order valence-electron chi connectivity index (χ2n) is 6.76. The number of fused-ring (bicyclic) bond motifs is 1. The minimum atomic E-state index is -0.426. The first-order chi connectivity index (χ1) is 13.6. The molecule has 0 spiro atoms. The number of nitrogens with zero attached hydrogens (tertiary/aromatic N) is 1. The first kappa shape index (κ1) is 17.9. The molecule has 28 heavy (non-hydrogen) atoms. The summed E-state index contributed by atoms with van der Waals surface area (Å²) in [6.07, 6.45) is -0.426. The predicted molar refractivity (Wildman–Crippen MR) is 110 cm³/mol. The molecule has 0 saturated carbocycles. The van der Waals surface area contributed by atoms with E-state index in [2.05, 4.69) is 5.32 Å². The molecule has 1 heterocycles. The van der Waals surface area contributed by atoms with Gasteiger partial charge in [0, 0.05) is 11.4 Å². The van der Waals surface area contributed by atoms with Crippen molar-refractivity contribution < 1.29 is 14.6 Å². The summed E-state index contributed by atoms with van der Waals surface area (Å²) >= 11 is 0. The highest BCUT2D eigenvalue weighted by Gasteiger charge is 2.34. The van der Waals surface area contributed by atoms with Gasteiger partial charge in [0.05, 0.1) is 12.2 Å². The summed E-state index contributed by atoms with van der Waals surface area (Å²) in [6.45, 7) is 4.32. The summed E-state index contributed by atoms with van der Waals surface area (Å²) in [5.74, 6) is 0.404. The number of hydrogen-bond donors (Lipinski definition) is 2. The van der Waals surface area contributed by atoms with Gasteiger partial charge in [0.1, 0.15) is 6.17 Å². The summed E-state index contributed by atoms with van der Waals surface area (Å²) in [6, 6.07) is 20.5. The largest absolute Gasteiger partial charge is 0.504 e. The third-order valence-corrected chi connectivity index (χ3v) is 4.84. The average molecular weight is 374 g/mol. The van der Waals surface area contributed by atoms with E-state index in [9.17, 15) is 9.90 Å². The van der Waals surface area contributed by atoms with Crippen molar-refractivity contribution in [3.63, 3.8) is 0 Å². The van der Waals surface area contributed by atoms with Crippen molar-refractivity contribution in [2.75, 3.05) is 16.8 Å². The Labute approximate surface area is 164 Å². The predicted octanol–water partition coefficient (Wildman–Crippen LogP) is 4.87. The maximum absolute atomic E-state index is 13.4. The number of benzene rings is 3. The van der Waals surface area contributed by atoms with E-state index in [0.29, 0.717) is 17.9 Å². The Hall–Kier alpha value is -3.47. The van der Waals surface area contributed by atoms with Crippen molar-refractivity contribution in [1.29, 1.82) is 0 Å². The van der Waals surface area contributed by atoms with Gasteiger partial charge in [-0.3, -0.25) is 9.69 Å². The van der Waals surface area contributed by atoms with Gasteiger partial charge in [0.2, 0.25) is 0 Å². The first-order valence-electron chi connectivity index (χ1n) is 9.30. The van der Waals surface area contributed by atoms with Crippen LogP contribution in [0.5, 0.6) is 11.5 Å². The molecule has 3 aromatic rings. The highest BCUT2D eigenvalue weighted by Crippen LogP contribution is 2.39. The normalized spacial score (nSPS) is 15.7. The van der Waals surface area contributed by atoms with Gasteiger partial charge in [-0.05, 0) is 55.8 Å². The van der Waals surface area contributed by atoms with Crippen LogP contribution in [0.2, 0.25) is 0 Å². The fraction of sp³-hybridized carbons (Fsp3) is 0.174. The lowest BCUT2D eigenvalue weighted by Gasteiger charge is -2.38. The summed E-state index contributed by atoms with van der Waals surface area (Å²) < 4.78 is 5.54. The smallest absolute Gasteiger partial charge is 0.262 e. The first-order valence-corrected chi connectivity index (χ1v) is 9.30. The monoisotopic (exact) mass is 374 g/mol. The molecule has 0 unspecified atom stereocenters. The van der Waals surface area contributed by atoms with Crippen LogP contribution in [0.3, 0.4) is 0 Å². The zero-order valence-corrected chi connectivity index (χ0v) is 15.8. The Balaban J connectivity index is 1.84. The van der Waals surface area contributed by atoms with Gasteiger partial charge in [-0.15, -0.1) is 0 Å². The molecule has 5 nitrogen and oxygen atoms in total. The Morgan fingerprint density at radius 1 is 1.07 bits per heavy atom. The van der Waals surface area contributed by atoms with Crippen LogP contribution in [0, 0.1) is 6.92 Å². The van der Waals surface area contributed by atoms with Crippen LogP contribution in [0.1, 0.15) is 34.6 Å². The van der Waals surface area contributed by atoms with Gasteiger partial charge >= 0.3 is 0 Å². The van der Waals surface area contributed by atoms with Crippen LogP contribution in [-0.4, -0.2) is 17.6 Å². The van der Waals surface area contributed by atoms with Crippen molar-refractivity contribution in [3.8, 4) is 11.5 Å². The Morgan fingerprint density at radius 2 is 1.82 bits per heavy atom. The highest BCUT2D eigenvalue weighted by atomic mass is 16.5. The number of aryl methyl sites for hydroxylation is 1. The third kappa shape index (κ3) is 3.16. The lowest BCUT2D eigenvalue weighted by atomic mass is 10.0. The molecule has 0 aliphatic carbocycles. The summed E-state index contributed by atoms with van der Waals surface area (Å²) in [7, 11) is 0. The van der Waals surface area contributed by atoms with Gasteiger partial charge < -0.3 is 15.2 Å². The van der Waals surface area contributed by atoms with E-state index in [1.807, 2.05) is 62.4 Å². The molecule has 142 valence electrons. The molecule has 0 radical (unpaired) electrons. The van der Waals surface area contributed by atoms with Crippen molar-refractivity contribution in [3.05, 3.63) is 83.4 Å². The van der Waals surface area contributed by atoms with Crippen molar-refractivity contribution >= 4 is 17.3 Å². The molecule has 1 amide bonds. The number of anilines is 2. The molecule has 0 bridgehead atoms. The molecule has 0 fully saturated rings. The quantitative estimate of drug-likeness (QED) is 0.684. The van der Waals surface area contributed by atoms with E-state index < -0.39 is 6.17 Å². The zero-order valence-electron chi connectivity index (χ0n) is 15.8. The minimum Gasteiger partial charge on any atom is -0.504 e. The van der Waals surface area contributed by atoms with E-state index in [1.54, 1.807) is 23.1 Å². The molecule has 1 aliphatic rings. The van der Waals surface area contributed by atoms with Crippen LogP contribution in [0.25, 0.3) is 0 Å². The number of phenols is 1. The molecule has 1 atom stereocenters. The van der Waals surface area contributed by atoms with Crippen LogP contribution in [0.4, 0.5) is 11.4 Å². The van der Waals surface area contributed by atoms with Crippen LogP contribution >= 0.6 is 0 Å². The van der Waals surface area contributed by atoms with Gasteiger partial charge in [0.25, 0.3) is 5.91 Å². The fourth-order valence-electron chi connectivity index (χ4n) is 3.43. The van der Waals surface area contributed by atoms with Crippen molar-refractivity contribution in [1.82, 2.24) is 0 Å². The molecule has 2 N–H and O–H groups in total. The van der Waals surface area contributed by atoms with Crippen molar-refractivity contribution in [2.45, 2.75) is 20.0 Å². The van der Waals surface area contributed by atoms with Gasteiger partial charge in [-0.25, -0.2) is 0 Å². The lowest BCUT2D eigenvalue weighted by Crippen LogP contribution is -2.43. The van der Waals surface area contributed by atoms with Gasteiger partial charge in [0.15, 0.2) is 11.5 Å². The number of amides is 1. The van der Waals surface area contributed by atoms with Crippen LogP contribution in [-0.2, 0) is 0 Å². The number of phenolic OH excluding ortho intramolecular Hbond substituents is 1. The average Bonchev–Trinajstić information content (AvgIpc) is 2.71. The van der Waals surface area contributed by atoms with Gasteiger partial charge in [-0.1, -0.05) is 35.9 Å². The summed E-state index contributed by atoms with van der Waals surface area (Å²) in [4.78, 5) is 15.1. The Kier molecular flexibility index (Phi) is 4.65. The SMILES string of the molecule is CCOc1cc([C@H]2Nc3ccccc3C(=O)N2c2ccc(C)cc2)ccc1O. The third-order valence-electron chi connectivity index (χ3n) is 4.84. The lowest BCUT2D eigenvalue weighted by molar-refractivity contribution is 0.0975. The Morgan fingerprint density at radius 3 is 2.57 bits per heavy atom. The topological polar surface area (TPSA) is 61.8 Å². The Bertz CT molecular complexity index is 1010. The second kappa shape index (κ2) is 7.27. The summed E-state index contributed by atoms with van der Waals surface area (Å²) in [5.41, 5.74) is 4.16. The summed E-state index contributed by atoms with van der Waals surface area (Å²) in [5, 5.41) is 13.5. The molecular formula is C23H22N2O3. The molecular weight excluding hydrogens is 352 g/mol. The van der Waals surface area contributed by atoms with Crippen LogP contribution in [0.15, 0.2) is 66.7 Å². The number of carbonyl (C=O) groups is 1. The molecule has 4 rings (SSSR count). The molecule has 1 aliphatic heterocycles. The number of rotatable bonds is 4.